The van der Waals surface area contributed by atoms with Crippen molar-refractivity contribution < 1.29 is 0 Å². The fourth-order valence-corrected chi connectivity index (χ4v) is 4.49. The minimum absolute atomic E-state index is 0.473. The van der Waals surface area contributed by atoms with Gasteiger partial charge in [0.2, 0.25) is 0 Å². The van der Waals surface area contributed by atoms with Gasteiger partial charge in [0.15, 0.2) is 0 Å². The average molecular weight is 308 g/mol. The Labute approximate surface area is 143 Å². The van der Waals surface area contributed by atoms with Crippen LogP contribution in [-0.2, 0) is 0 Å². The second-order valence-corrected chi connectivity index (χ2v) is 7.08. The minimum atomic E-state index is 0.473. The van der Waals surface area contributed by atoms with Gasteiger partial charge in [-0.2, -0.15) is 0 Å². The third-order valence-corrected chi connectivity index (χ3v) is 5.60. The maximum atomic E-state index is 2.47. The first-order valence-corrected chi connectivity index (χ1v) is 8.74. The summed E-state index contributed by atoms with van der Waals surface area (Å²) in [6.45, 7) is 4.45. The van der Waals surface area contributed by atoms with Crippen LogP contribution in [0.5, 0.6) is 0 Å². The average Bonchev–Trinajstić information content (AvgIpc) is 2.93. The van der Waals surface area contributed by atoms with Crippen molar-refractivity contribution in [3.05, 3.63) is 100 Å². The Bertz CT molecular complexity index is 990. The monoisotopic (exact) mass is 308 g/mol. The summed E-state index contributed by atoms with van der Waals surface area (Å²) in [4.78, 5) is 0. The predicted octanol–water partition coefficient (Wildman–Crippen LogP) is 6.25. The number of benzene rings is 3. The first-order valence-electron chi connectivity index (χ1n) is 8.74. The summed E-state index contributed by atoms with van der Waals surface area (Å²) >= 11 is 0. The molecular formula is C24H20. The van der Waals surface area contributed by atoms with Gasteiger partial charge in [-0.15, -0.1) is 0 Å². The Hall–Kier alpha value is -2.60. The predicted molar refractivity (Wildman–Crippen MR) is 101 cm³/mol. The van der Waals surface area contributed by atoms with Crippen LogP contribution in [0, 0.1) is 13.8 Å². The van der Waals surface area contributed by atoms with Crippen molar-refractivity contribution in [2.45, 2.75) is 26.2 Å². The van der Waals surface area contributed by atoms with Crippen molar-refractivity contribution in [3.8, 4) is 11.1 Å². The number of fused-ring (bicyclic) bond motifs is 3. The molecule has 116 valence electrons. The minimum Gasteiger partial charge on any atom is -0.0751 e. The molecule has 24 heavy (non-hydrogen) atoms. The highest BCUT2D eigenvalue weighted by Gasteiger charge is 2.33. The lowest BCUT2D eigenvalue weighted by atomic mass is 9.77. The zero-order valence-corrected chi connectivity index (χ0v) is 14.1. The maximum absolute atomic E-state index is 2.47. The summed E-state index contributed by atoms with van der Waals surface area (Å²) in [5, 5.41) is 0. The molecule has 3 aromatic carbocycles. The van der Waals surface area contributed by atoms with Crippen molar-refractivity contribution in [3.63, 3.8) is 0 Å². The van der Waals surface area contributed by atoms with Crippen molar-refractivity contribution >= 4 is 5.57 Å². The number of rotatable bonds is 1. The summed E-state index contributed by atoms with van der Waals surface area (Å²) in [5.74, 6) is 0.473. The van der Waals surface area contributed by atoms with Gasteiger partial charge in [-0.05, 0) is 64.8 Å². The zero-order chi connectivity index (χ0) is 16.3. The van der Waals surface area contributed by atoms with E-state index in [-0.39, 0.29) is 0 Å². The molecule has 0 aliphatic heterocycles. The molecule has 0 bridgehead atoms. The lowest BCUT2D eigenvalue weighted by Crippen LogP contribution is -2.10. The summed E-state index contributed by atoms with van der Waals surface area (Å²) in [6, 6.07) is 22.5. The lowest BCUT2D eigenvalue weighted by Gasteiger charge is -2.27. The van der Waals surface area contributed by atoms with Crippen LogP contribution in [0.2, 0.25) is 0 Å². The van der Waals surface area contributed by atoms with Crippen molar-refractivity contribution in [2.75, 3.05) is 0 Å². The molecule has 1 unspecified atom stereocenters. The van der Waals surface area contributed by atoms with E-state index in [1.165, 1.54) is 50.1 Å². The number of allylic oxidation sites excluding steroid dienone is 1. The molecule has 0 fully saturated rings. The van der Waals surface area contributed by atoms with E-state index in [1.807, 2.05) is 0 Å². The van der Waals surface area contributed by atoms with Crippen molar-refractivity contribution in [2.24, 2.45) is 0 Å². The van der Waals surface area contributed by atoms with Crippen LogP contribution in [0.3, 0.4) is 0 Å². The molecule has 0 spiro atoms. The molecule has 0 saturated heterocycles. The van der Waals surface area contributed by atoms with Crippen LogP contribution in [0.1, 0.15) is 45.7 Å². The topological polar surface area (TPSA) is 0 Å². The molecule has 0 saturated carbocycles. The smallest absolute Gasteiger partial charge is 0.0133 e. The molecule has 1 atom stereocenters. The normalized spacial score (nSPS) is 17.2. The first-order chi connectivity index (χ1) is 11.7. The Morgan fingerprint density at radius 1 is 0.792 bits per heavy atom. The molecule has 0 heterocycles. The quantitative estimate of drug-likeness (QED) is 0.390. The van der Waals surface area contributed by atoms with Gasteiger partial charge in [-0.1, -0.05) is 72.3 Å². The van der Waals surface area contributed by atoms with Gasteiger partial charge < -0.3 is 0 Å². The first kappa shape index (κ1) is 13.8. The molecule has 0 amide bonds. The van der Waals surface area contributed by atoms with Crippen LogP contribution in [0.4, 0.5) is 0 Å². The summed E-state index contributed by atoms with van der Waals surface area (Å²) in [6.07, 6.45) is 3.55. The molecule has 0 aromatic heterocycles. The van der Waals surface area contributed by atoms with E-state index in [1.54, 1.807) is 0 Å². The van der Waals surface area contributed by atoms with Crippen molar-refractivity contribution in [1.82, 2.24) is 0 Å². The van der Waals surface area contributed by atoms with Gasteiger partial charge in [0.25, 0.3) is 0 Å². The highest BCUT2D eigenvalue weighted by molar-refractivity contribution is 6.03. The summed E-state index contributed by atoms with van der Waals surface area (Å²) in [7, 11) is 0. The van der Waals surface area contributed by atoms with E-state index >= 15 is 0 Å². The fraction of sp³-hybridized carbons (Fsp3) is 0.167. The van der Waals surface area contributed by atoms with E-state index < -0.39 is 0 Å². The van der Waals surface area contributed by atoms with Gasteiger partial charge in [0.1, 0.15) is 0 Å². The SMILES string of the molecule is Cc1ccc2c(c1)C1=CCC(c3ccccc3)c3c(C)ccc-2c31. The maximum Gasteiger partial charge on any atom is 0.0133 e. The summed E-state index contributed by atoms with van der Waals surface area (Å²) < 4.78 is 0. The zero-order valence-electron chi connectivity index (χ0n) is 14.1. The third-order valence-electron chi connectivity index (χ3n) is 5.60. The number of hydrogen-bond donors (Lipinski definition) is 0. The van der Waals surface area contributed by atoms with Gasteiger partial charge in [-0.3, -0.25) is 0 Å². The largest absolute Gasteiger partial charge is 0.0751 e. The van der Waals surface area contributed by atoms with E-state index in [0.717, 1.165) is 6.42 Å². The van der Waals surface area contributed by atoms with Gasteiger partial charge in [0, 0.05) is 5.92 Å². The molecule has 0 N–H and O–H groups in total. The Morgan fingerprint density at radius 3 is 2.42 bits per heavy atom. The molecule has 2 aliphatic carbocycles. The standard InChI is InChI=1S/C24H20/c1-15-8-10-19-20-11-9-16(2)23-18(17-6-4-3-5-7-17)12-13-21(24(20)23)22(19)14-15/h3-11,13-14,18H,12H2,1-2H3. The van der Waals surface area contributed by atoms with Crippen LogP contribution < -0.4 is 0 Å². The van der Waals surface area contributed by atoms with Gasteiger partial charge in [0.05, 0.1) is 0 Å². The fourth-order valence-electron chi connectivity index (χ4n) is 4.49. The lowest BCUT2D eigenvalue weighted by molar-refractivity contribution is 0.809. The van der Waals surface area contributed by atoms with E-state index in [9.17, 15) is 0 Å². The van der Waals surface area contributed by atoms with Crippen LogP contribution >= 0.6 is 0 Å². The highest BCUT2D eigenvalue weighted by atomic mass is 14.4. The number of hydrogen-bond acceptors (Lipinski definition) is 0. The van der Waals surface area contributed by atoms with Crippen LogP contribution in [0.15, 0.2) is 66.7 Å². The van der Waals surface area contributed by atoms with E-state index in [0.29, 0.717) is 5.92 Å². The Balaban J connectivity index is 1.80. The van der Waals surface area contributed by atoms with E-state index in [4.69, 9.17) is 0 Å². The van der Waals surface area contributed by atoms with Crippen LogP contribution in [0.25, 0.3) is 16.7 Å². The van der Waals surface area contributed by atoms with Crippen molar-refractivity contribution in [1.29, 1.82) is 0 Å². The highest BCUT2D eigenvalue weighted by Crippen LogP contribution is 2.52. The molecule has 0 nitrogen and oxygen atoms in total. The molecule has 0 radical (unpaired) electrons. The molecule has 5 rings (SSSR count). The molecule has 3 aromatic rings. The molecule has 2 aliphatic rings. The van der Waals surface area contributed by atoms with Crippen LogP contribution in [-0.4, -0.2) is 0 Å². The van der Waals surface area contributed by atoms with Gasteiger partial charge >= 0.3 is 0 Å². The summed E-state index contributed by atoms with van der Waals surface area (Å²) in [5.41, 5.74) is 12.9. The van der Waals surface area contributed by atoms with Gasteiger partial charge in [-0.25, -0.2) is 0 Å². The molecule has 0 heteroatoms. The number of aryl methyl sites for hydroxylation is 2. The third kappa shape index (κ3) is 1.80. The Morgan fingerprint density at radius 2 is 1.58 bits per heavy atom. The second kappa shape index (κ2) is 4.95. The molecular weight excluding hydrogens is 288 g/mol. The second-order valence-electron chi connectivity index (χ2n) is 7.08. The Kier molecular flexibility index (Phi) is 2.84. The van der Waals surface area contributed by atoms with E-state index in [2.05, 4.69) is 80.6 Å².